The number of nitrogens with zero attached hydrogens (tertiary/aromatic N) is 1. The van der Waals surface area contributed by atoms with Gasteiger partial charge in [-0.1, -0.05) is 42.0 Å². The third-order valence-corrected chi connectivity index (χ3v) is 4.49. The number of rotatable bonds is 2. The van der Waals surface area contributed by atoms with Crippen molar-refractivity contribution in [3.8, 4) is 12.0 Å². The van der Waals surface area contributed by atoms with Gasteiger partial charge in [0.15, 0.2) is 0 Å². The number of allylic oxidation sites excluding steroid dienone is 2. The molecule has 0 bridgehead atoms. The van der Waals surface area contributed by atoms with Crippen molar-refractivity contribution in [2.24, 2.45) is 0 Å². The van der Waals surface area contributed by atoms with Crippen LogP contribution in [-0.4, -0.2) is 0 Å². The predicted molar refractivity (Wildman–Crippen MR) is 104 cm³/mol. The Bertz CT molecular complexity index is 780. The lowest BCUT2D eigenvalue weighted by Crippen LogP contribution is -2.12. The topological polar surface area (TPSA) is 3.24 Å². The quantitative estimate of drug-likeness (QED) is 0.470. The molecule has 2 aromatic carbocycles. The molecule has 122 valence electrons. The summed E-state index contributed by atoms with van der Waals surface area (Å²) in [7, 11) is 0. The van der Waals surface area contributed by atoms with Crippen molar-refractivity contribution in [2.75, 3.05) is 4.90 Å². The van der Waals surface area contributed by atoms with Crippen molar-refractivity contribution >= 4 is 11.4 Å². The van der Waals surface area contributed by atoms with Crippen LogP contribution in [0.5, 0.6) is 0 Å². The van der Waals surface area contributed by atoms with Crippen LogP contribution >= 0.6 is 0 Å². The Hall–Kier alpha value is -2.46. The van der Waals surface area contributed by atoms with Crippen molar-refractivity contribution in [1.82, 2.24) is 0 Å². The maximum absolute atomic E-state index is 3.44. The van der Waals surface area contributed by atoms with Crippen LogP contribution in [-0.2, 0) is 0 Å². The zero-order valence-corrected chi connectivity index (χ0v) is 14.9. The monoisotopic (exact) mass is 315 g/mol. The number of aryl methyl sites for hydroxylation is 3. The van der Waals surface area contributed by atoms with Gasteiger partial charge in [-0.05, 0) is 81.2 Å². The first-order chi connectivity index (χ1) is 11.6. The summed E-state index contributed by atoms with van der Waals surface area (Å²) in [6, 6.07) is 18.4. The summed E-state index contributed by atoms with van der Waals surface area (Å²) >= 11 is 0. The van der Waals surface area contributed by atoms with E-state index in [4.69, 9.17) is 0 Å². The Labute approximate surface area is 146 Å². The molecule has 0 atom stereocenters. The van der Waals surface area contributed by atoms with E-state index in [0.29, 0.717) is 0 Å². The first kappa shape index (κ1) is 16.4. The van der Waals surface area contributed by atoms with Crippen molar-refractivity contribution in [3.63, 3.8) is 0 Å². The predicted octanol–water partition coefficient (Wildman–Crippen LogP) is 6.21. The molecule has 0 aliphatic heterocycles. The number of benzene rings is 2. The van der Waals surface area contributed by atoms with E-state index in [1.165, 1.54) is 40.8 Å². The molecular formula is C23H25N. The molecule has 1 nitrogen and oxygen atoms in total. The van der Waals surface area contributed by atoms with Gasteiger partial charge < -0.3 is 0 Å². The van der Waals surface area contributed by atoms with E-state index < -0.39 is 0 Å². The van der Waals surface area contributed by atoms with Gasteiger partial charge in [-0.2, -0.15) is 0 Å². The summed E-state index contributed by atoms with van der Waals surface area (Å²) in [6.45, 7) is 6.49. The van der Waals surface area contributed by atoms with Crippen LogP contribution in [0.25, 0.3) is 0 Å². The average Bonchev–Trinajstić information content (AvgIpc) is 2.58. The lowest BCUT2D eigenvalue weighted by atomic mass is 10.00. The Morgan fingerprint density at radius 2 is 1.62 bits per heavy atom. The van der Waals surface area contributed by atoms with E-state index in [9.17, 15) is 0 Å². The second-order valence-corrected chi connectivity index (χ2v) is 6.63. The van der Waals surface area contributed by atoms with Crippen LogP contribution in [0.3, 0.4) is 0 Å². The number of anilines is 2. The van der Waals surface area contributed by atoms with Gasteiger partial charge in [-0.3, -0.25) is 4.90 Å². The SMILES string of the molecule is Cc1cc(C)c(N(C#CC2=CCCCC2)c2ccccc2)c(C)c1. The van der Waals surface area contributed by atoms with E-state index in [1.807, 2.05) is 6.07 Å². The molecule has 1 aliphatic rings. The highest BCUT2D eigenvalue weighted by atomic mass is 15.1. The minimum Gasteiger partial charge on any atom is -0.269 e. The maximum atomic E-state index is 3.44. The molecule has 0 spiro atoms. The van der Waals surface area contributed by atoms with Crippen LogP contribution in [0.1, 0.15) is 42.4 Å². The molecule has 2 aromatic rings. The largest absolute Gasteiger partial charge is 0.269 e. The molecule has 0 saturated heterocycles. The molecule has 1 aliphatic carbocycles. The van der Waals surface area contributed by atoms with Gasteiger partial charge in [0.05, 0.1) is 11.4 Å². The standard InChI is InChI=1S/C23H25N/c1-18-16-19(2)23(20(3)17-18)24(22-12-8-5-9-13-22)15-14-21-10-6-4-7-11-21/h5,8-10,12-13,16-17H,4,6-7,11H2,1-3H3. The van der Waals surface area contributed by atoms with E-state index >= 15 is 0 Å². The minimum atomic E-state index is 1.11. The molecule has 0 N–H and O–H groups in total. The minimum absolute atomic E-state index is 1.11. The van der Waals surface area contributed by atoms with E-state index in [1.54, 1.807) is 0 Å². The summed E-state index contributed by atoms with van der Waals surface area (Å²) in [5, 5.41) is 0. The molecule has 0 aromatic heterocycles. The zero-order valence-electron chi connectivity index (χ0n) is 14.9. The van der Waals surface area contributed by atoms with Crippen molar-refractivity contribution in [2.45, 2.75) is 46.5 Å². The van der Waals surface area contributed by atoms with Gasteiger partial charge in [0.25, 0.3) is 0 Å². The summed E-state index contributed by atoms with van der Waals surface area (Å²) in [5.41, 5.74) is 7.44. The number of hydrogen-bond donors (Lipinski definition) is 0. The van der Waals surface area contributed by atoms with E-state index in [0.717, 1.165) is 18.5 Å². The highest BCUT2D eigenvalue weighted by Gasteiger charge is 2.13. The lowest BCUT2D eigenvalue weighted by Gasteiger charge is -2.23. The smallest absolute Gasteiger partial charge is 0.0604 e. The Morgan fingerprint density at radius 3 is 2.25 bits per heavy atom. The van der Waals surface area contributed by atoms with Crippen LogP contribution in [0.2, 0.25) is 0 Å². The molecule has 0 heterocycles. The Kier molecular flexibility index (Phi) is 5.06. The number of para-hydroxylation sites is 1. The molecule has 3 rings (SSSR count). The lowest BCUT2D eigenvalue weighted by molar-refractivity contribution is 0.715. The Balaban J connectivity index is 2.07. The van der Waals surface area contributed by atoms with Gasteiger partial charge in [0, 0.05) is 6.04 Å². The van der Waals surface area contributed by atoms with Gasteiger partial charge in [-0.25, -0.2) is 0 Å². The fraction of sp³-hybridized carbons (Fsp3) is 0.304. The highest BCUT2D eigenvalue weighted by molar-refractivity contribution is 5.74. The zero-order chi connectivity index (χ0) is 16.9. The molecular weight excluding hydrogens is 290 g/mol. The summed E-state index contributed by atoms with van der Waals surface area (Å²) in [5.74, 6) is 3.42. The van der Waals surface area contributed by atoms with Crippen molar-refractivity contribution in [3.05, 3.63) is 70.8 Å². The van der Waals surface area contributed by atoms with Gasteiger partial charge in [0.2, 0.25) is 0 Å². The summed E-state index contributed by atoms with van der Waals surface area (Å²) in [6.07, 6.45) is 7.13. The third kappa shape index (κ3) is 3.71. The molecule has 0 saturated carbocycles. The second kappa shape index (κ2) is 7.41. The van der Waals surface area contributed by atoms with Crippen LogP contribution in [0.15, 0.2) is 54.1 Å². The van der Waals surface area contributed by atoms with Gasteiger partial charge in [0.1, 0.15) is 0 Å². The van der Waals surface area contributed by atoms with Crippen molar-refractivity contribution < 1.29 is 0 Å². The third-order valence-electron chi connectivity index (χ3n) is 4.49. The average molecular weight is 315 g/mol. The molecule has 24 heavy (non-hydrogen) atoms. The maximum Gasteiger partial charge on any atom is 0.0604 e. The molecule has 0 amide bonds. The fourth-order valence-electron chi connectivity index (χ4n) is 3.43. The first-order valence-corrected chi connectivity index (χ1v) is 8.79. The summed E-state index contributed by atoms with van der Waals surface area (Å²) in [4.78, 5) is 2.15. The highest BCUT2D eigenvalue weighted by Crippen LogP contribution is 2.32. The van der Waals surface area contributed by atoms with E-state index in [-0.39, 0.29) is 0 Å². The summed E-state index contributed by atoms with van der Waals surface area (Å²) < 4.78 is 0. The molecule has 0 fully saturated rings. The first-order valence-electron chi connectivity index (χ1n) is 8.79. The van der Waals surface area contributed by atoms with Crippen LogP contribution in [0, 0.1) is 32.7 Å². The van der Waals surface area contributed by atoms with Crippen LogP contribution in [0.4, 0.5) is 11.4 Å². The number of hydrogen-bond acceptors (Lipinski definition) is 1. The Morgan fingerprint density at radius 1 is 0.917 bits per heavy atom. The fourth-order valence-corrected chi connectivity index (χ4v) is 3.43. The van der Waals surface area contributed by atoms with Crippen molar-refractivity contribution in [1.29, 1.82) is 0 Å². The van der Waals surface area contributed by atoms with Gasteiger partial charge >= 0.3 is 0 Å². The van der Waals surface area contributed by atoms with E-state index in [2.05, 4.69) is 80.1 Å². The van der Waals surface area contributed by atoms with Gasteiger partial charge in [-0.15, -0.1) is 0 Å². The molecule has 0 radical (unpaired) electrons. The second-order valence-electron chi connectivity index (χ2n) is 6.63. The van der Waals surface area contributed by atoms with Crippen LogP contribution < -0.4 is 4.90 Å². The molecule has 1 heteroatoms. The normalized spacial score (nSPS) is 13.7. The molecule has 0 unspecified atom stereocenters.